The van der Waals surface area contributed by atoms with E-state index in [1.165, 1.54) is 0 Å². The molecule has 1 aliphatic carbocycles. The van der Waals surface area contributed by atoms with Gasteiger partial charge in [-0.2, -0.15) is 0 Å². The average Bonchev–Trinajstić information content (AvgIpc) is 2.66. The smallest absolute Gasteiger partial charge is 0.328 e. The molecule has 84 valence electrons. The molecule has 0 aromatic heterocycles. The van der Waals surface area contributed by atoms with Gasteiger partial charge in [0.1, 0.15) is 0 Å². The maximum Gasteiger partial charge on any atom is 0.328 e. The van der Waals surface area contributed by atoms with Gasteiger partial charge < -0.3 is 20.8 Å². The molecule has 0 aromatic carbocycles. The molecule has 0 fully saturated rings. The molecule has 2 amide bonds. The van der Waals surface area contributed by atoms with Gasteiger partial charge in [-0.1, -0.05) is 12.2 Å². The summed E-state index contributed by atoms with van der Waals surface area (Å²) >= 11 is 0. The molecule has 1 rings (SSSR count). The summed E-state index contributed by atoms with van der Waals surface area (Å²) in [6.45, 7) is -0.619. The van der Waals surface area contributed by atoms with E-state index in [1.54, 1.807) is 0 Å². The molecule has 6 nitrogen and oxygen atoms in total. The van der Waals surface area contributed by atoms with Gasteiger partial charge in [-0.3, -0.25) is 0 Å². The summed E-state index contributed by atoms with van der Waals surface area (Å²) in [4.78, 5) is 21.7. The normalized spacial score (nSPS) is 17.4. The molecule has 0 radical (unpaired) electrons. The summed E-state index contributed by atoms with van der Waals surface area (Å²) in [6.07, 6.45) is 5.41. The number of urea groups is 1. The number of nitrogens with one attached hydrogen (secondary N) is 2. The molecule has 0 bridgehead atoms. The van der Waals surface area contributed by atoms with Gasteiger partial charge in [-0.25, -0.2) is 9.59 Å². The minimum absolute atomic E-state index is 0.0261. The fourth-order valence-electron chi connectivity index (χ4n) is 1.31. The number of aliphatic hydroxyl groups is 1. The molecule has 4 N–H and O–H groups in total. The van der Waals surface area contributed by atoms with E-state index in [9.17, 15) is 9.59 Å². The van der Waals surface area contributed by atoms with Crippen molar-refractivity contribution in [2.75, 3.05) is 6.61 Å². The third-order valence-corrected chi connectivity index (χ3v) is 2.13. The molecular formula is C9H14N2O4. The first-order valence-corrected chi connectivity index (χ1v) is 4.69. The average molecular weight is 214 g/mol. The van der Waals surface area contributed by atoms with E-state index in [2.05, 4.69) is 10.6 Å². The van der Waals surface area contributed by atoms with E-state index in [0.29, 0.717) is 0 Å². The zero-order valence-electron chi connectivity index (χ0n) is 8.14. The Morgan fingerprint density at radius 1 is 1.40 bits per heavy atom. The second-order valence-corrected chi connectivity index (χ2v) is 3.33. The highest BCUT2D eigenvalue weighted by Crippen LogP contribution is 2.08. The zero-order chi connectivity index (χ0) is 11.3. The van der Waals surface area contributed by atoms with Gasteiger partial charge in [0.2, 0.25) is 0 Å². The maximum atomic E-state index is 11.2. The molecule has 0 saturated heterocycles. The van der Waals surface area contributed by atoms with Gasteiger partial charge in [-0.05, 0) is 12.8 Å². The monoisotopic (exact) mass is 214 g/mol. The van der Waals surface area contributed by atoms with Gasteiger partial charge >= 0.3 is 12.0 Å². The molecular weight excluding hydrogens is 200 g/mol. The summed E-state index contributed by atoms with van der Waals surface area (Å²) in [5.41, 5.74) is 0. The maximum absolute atomic E-state index is 11.2. The molecule has 15 heavy (non-hydrogen) atoms. The summed E-state index contributed by atoms with van der Waals surface area (Å²) in [7, 11) is 0. The Bertz CT molecular complexity index is 269. The van der Waals surface area contributed by atoms with Crippen molar-refractivity contribution in [2.24, 2.45) is 0 Å². The molecule has 6 heteroatoms. The van der Waals surface area contributed by atoms with Gasteiger partial charge in [0.05, 0.1) is 6.61 Å². The molecule has 0 unspecified atom stereocenters. The van der Waals surface area contributed by atoms with E-state index in [4.69, 9.17) is 10.2 Å². The highest BCUT2D eigenvalue weighted by atomic mass is 16.4. The Morgan fingerprint density at radius 2 is 2.00 bits per heavy atom. The predicted molar refractivity (Wildman–Crippen MR) is 52.3 cm³/mol. The Hall–Kier alpha value is -1.56. The van der Waals surface area contributed by atoms with Crippen LogP contribution in [0.5, 0.6) is 0 Å². The number of hydrogen-bond acceptors (Lipinski definition) is 3. The second-order valence-electron chi connectivity index (χ2n) is 3.33. The summed E-state index contributed by atoms with van der Waals surface area (Å²) in [6, 6.07) is -1.79. The zero-order valence-corrected chi connectivity index (χ0v) is 8.14. The van der Waals surface area contributed by atoms with E-state index >= 15 is 0 Å². The van der Waals surface area contributed by atoms with Crippen molar-refractivity contribution >= 4 is 12.0 Å². The number of rotatable bonds is 4. The Morgan fingerprint density at radius 3 is 2.47 bits per heavy atom. The SMILES string of the molecule is O=C(NC1CC=CC1)N[C@H](CO)C(=O)O. The van der Waals surface area contributed by atoms with Crippen LogP contribution in [0.4, 0.5) is 4.79 Å². The van der Waals surface area contributed by atoms with Crippen molar-refractivity contribution in [3.05, 3.63) is 12.2 Å². The van der Waals surface area contributed by atoms with E-state index in [1.807, 2.05) is 12.2 Å². The highest BCUT2D eigenvalue weighted by Gasteiger charge is 2.20. The second kappa shape index (κ2) is 5.35. The van der Waals surface area contributed by atoms with Crippen molar-refractivity contribution < 1.29 is 19.8 Å². The third-order valence-electron chi connectivity index (χ3n) is 2.13. The van der Waals surface area contributed by atoms with Gasteiger partial charge in [0.25, 0.3) is 0 Å². The van der Waals surface area contributed by atoms with Gasteiger partial charge in [0.15, 0.2) is 6.04 Å². The number of aliphatic carboxylic acids is 1. The van der Waals surface area contributed by atoms with Crippen LogP contribution < -0.4 is 10.6 Å². The number of aliphatic hydroxyl groups excluding tert-OH is 1. The summed E-state index contributed by atoms with van der Waals surface area (Å²) < 4.78 is 0. The van der Waals surface area contributed by atoms with Crippen LogP contribution in [0.2, 0.25) is 0 Å². The van der Waals surface area contributed by atoms with Crippen LogP contribution in [-0.2, 0) is 4.79 Å². The Kier molecular flexibility index (Phi) is 4.11. The molecule has 0 aromatic rings. The number of carboxylic acids is 1. The molecule has 1 aliphatic rings. The first-order valence-electron chi connectivity index (χ1n) is 4.69. The molecule has 0 saturated carbocycles. The van der Waals surface area contributed by atoms with E-state index in [0.717, 1.165) is 12.8 Å². The van der Waals surface area contributed by atoms with Crippen molar-refractivity contribution in [3.8, 4) is 0 Å². The largest absolute Gasteiger partial charge is 0.480 e. The molecule has 0 spiro atoms. The lowest BCUT2D eigenvalue weighted by molar-refractivity contribution is -0.140. The quantitative estimate of drug-likeness (QED) is 0.472. The van der Waals surface area contributed by atoms with Gasteiger partial charge in [-0.15, -0.1) is 0 Å². The van der Waals surface area contributed by atoms with Crippen molar-refractivity contribution in [1.82, 2.24) is 10.6 Å². The molecule has 0 heterocycles. The Balaban J connectivity index is 2.30. The van der Waals surface area contributed by atoms with Crippen LogP contribution in [0.25, 0.3) is 0 Å². The van der Waals surface area contributed by atoms with Crippen LogP contribution in [0.1, 0.15) is 12.8 Å². The van der Waals surface area contributed by atoms with E-state index < -0.39 is 24.6 Å². The van der Waals surface area contributed by atoms with Crippen molar-refractivity contribution in [2.45, 2.75) is 24.9 Å². The van der Waals surface area contributed by atoms with Crippen LogP contribution >= 0.6 is 0 Å². The summed E-state index contributed by atoms with van der Waals surface area (Å²) in [5.74, 6) is -1.25. The number of carbonyl (C=O) groups is 2. The van der Waals surface area contributed by atoms with Crippen molar-refractivity contribution in [3.63, 3.8) is 0 Å². The predicted octanol–water partition coefficient (Wildman–Crippen LogP) is -0.550. The number of carboxylic acid groups (broad SMARTS) is 1. The fraction of sp³-hybridized carbons (Fsp3) is 0.556. The first-order chi connectivity index (χ1) is 7.13. The van der Waals surface area contributed by atoms with Crippen molar-refractivity contribution in [1.29, 1.82) is 0 Å². The van der Waals surface area contributed by atoms with Crippen LogP contribution in [0.3, 0.4) is 0 Å². The Labute approximate surface area is 87.0 Å². The molecule has 0 aliphatic heterocycles. The third kappa shape index (κ3) is 3.59. The highest BCUT2D eigenvalue weighted by molar-refractivity contribution is 5.82. The lowest BCUT2D eigenvalue weighted by Crippen LogP contribution is -2.50. The fourth-order valence-corrected chi connectivity index (χ4v) is 1.31. The minimum atomic E-state index is -1.25. The lowest BCUT2D eigenvalue weighted by atomic mass is 10.2. The minimum Gasteiger partial charge on any atom is -0.480 e. The number of hydrogen-bond donors (Lipinski definition) is 4. The van der Waals surface area contributed by atoms with Gasteiger partial charge in [0, 0.05) is 6.04 Å². The molecule has 1 atom stereocenters. The standard InChI is InChI=1S/C9H14N2O4/c12-5-7(8(13)14)11-9(15)10-6-3-1-2-4-6/h1-2,6-7,12H,3-5H2,(H,13,14)(H2,10,11,15)/t7-/m1/s1. The number of carbonyl (C=O) groups excluding carboxylic acids is 1. The first kappa shape index (κ1) is 11.5. The van der Waals surface area contributed by atoms with Crippen LogP contribution in [-0.4, -0.2) is 40.9 Å². The lowest BCUT2D eigenvalue weighted by Gasteiger charge is -2.16. The van der Waals surface area contributed by atoms with Crippen LogP contribution in [0.15, 0.2) is 12.2 Å². The number of amides is 2. The van der Waals surface area contributed by atoms with Crippen LogP contribution in [0, 0.1) is 0 Å². The van der Waals surface area contributed by atoms with E-state index in [-0.39, 0.29) is 6.04 Å². The summed E-state index contributed by atoms with van der Waals surface area (Å²) in [5, 5.41) is 22.0. The topological polar surface area (TPSA) is 98.7 Å².